The van der Waals surface area contributed by atoms with Crippen LogP contribution in [0.3, 0.4) is 0 Å². The zero-order chi connectivity index (χ0) is 15.5. The highest BCUT2D eigenvalue weighted by atomic mass is 16.5. The van der Waals surface area contributed by atoms with Crippen LogP contribution >= 0.6 is 0 Å². The summed E-state index contributed by atoms with van der Waals surface area (Å²) in [5.41, 5.74) is 7.63. The fourth-order valence-electron chi connectivity index (χ4n) is 2.19. The van der Waals surface area contributed by atoms with Gasteiger partial charge in [-0.25, -0.2) is 0 Å². The second kappa shape index (κ2) is 6.45. The van der Waals surface area contributed by atoms with Crippen molar-refractivity contribution in [3.63, 3.8) is 0 Å². The number of hydrogen-bond donors (Lipinski definition) is 2. The fourth-order valence-corrected chi connectivity index (χ4v) is 2.19. The minimum Gasteiger partial charge on any atom is -0.378 e. The van der Waals surface area contributed by atoms with E-state index in [-0.39, 0.29) is 11.3 Å². The standard InChI is InChI=1S/C16H25N3O2/c1-16(2,3)14(17)15(20)18-12-4-6-13(7-5-12)19-8-10-21-11-9-19/h4-7,14H,8-11,17H2,1-3H3,(H,18,20)/t14-/m1/s1. The van der Waals surface area contributed by atoms with Crippen molar-refractivity contribution < 1.29 is 9.53 Å². The van der Waals surface area contributed by atoms with Crippen LogP contribution in [0.15, 0.2) is 24.3 Å². The molecule has 1 aromatic carbocycles. The summed E-state index contributed by atoms with van der Waals surface area (Å²) in [5.74, 6) is -0.151. The van der Waals surface area contributed by atoms with Crippen molar-refractivity contribution in [2.24, 2.45) is 11.1 Å². The predicted molar refractivity (Wildman–Crippen MR) is 85.5 cm³/mol. The minimum absolute atomic E-state index is 0.151. The summed E-state index contributed by atoms with van der Waals surface area (Å²) in [4.78, 5) is 14.4. The Balaban J connectivity index is 1.97. The number of anilines is 2. The quantitative estimate of drug-likeness (QED) is 0.891. The van der Waals surface area contributed by atoms with Crippen LogP contribution in [0, 0.1) is 5.41 Å². The predicted octanol–water partition coefficient (Wildman–Crippen LogP) is 1.84. The molecule has 1 aliphatic heterocycles. The second-order valence-electron chi connectivity index (χ2n) is 6.48. The van der Waals surface area contributed by atoms with Gasteiger partial charge in [0.25, 0.3) is 0 Å². The highest BCUT2D eigenvalue weighted by Crippen LogP contribution is 2.21. The summed E-state index contributed by atoms with van der Waals surface area (Å²) < 4.78 is 5.34. The highest BCUT2D eigenvalue weighted by Gasteiger charge is 2.27. The Morgan fingerprint density at radius 3 is 2.33 bits per heavy atom. The van der Waals surface area contributed by atoms with Crippen LogP contribution in [0.2, 0.25) is 0 Å². The van der Waals surface area contributed by atoms with Gasteiger partial charge in [-0.2, -0.15) is 0 Å². The molecule has 1 atom stereocenters. The molecule has 0 unspecified atom stereocenters. The van der Waals surface area contributed by atoms with Crippen LogP contribution in [0.25, 0.3) is 0 Å². The molecule has 5 heteroatoms. The molecule has 21 heavy (non-hydrogen) atoms. The number of nitrogens with two attached hydrogens (primary N) is 1. The van der Waals surface area contributed by atoms with Crippen molar-refractivity contribution in [3.05, 3.63) is 24.3 Å². The number of carbonyl (C=O) groups excluding carboxylic acids is 1. The molecule has 1 saturated heterocycles. The van der Waals surface area contributed by atoms with Gasteiger partial charge in [-0.3, -0.25) is 4.79 Å². The molecule has 0 aliphatic carbocycles. The van der Waals surface area contributed by atoms with Gasteiger partial charge in [-0.15, -0.1) is 0 Å². The number of nitrogens with zero attached hydrogens (tertiary/aromatic N) is 1. The lowest BCUT2D eigenvalue weighted by atomic mass is 9.87. The third-order valence-corrected chi connectivity index (χ3v) is 3.73. The number of benzene rings is 1. The average molecular weight is 291 g/mol. The molecular formula is C16H25N3O2. The summed E-state index contributed by atoms with van der Waals surface area (Å²) >= 11 is 0. The molecular weight excluding hydrogens is 266 g/mol. The van der Waals surface area contributed by atoms with Gasteiger partial charge in [-0.05, 0) is 29.7 Å². The minimum atomic E-state index is -0.531. The molecule has 116 valence electrons. The maximum absolute atomic E-state index is 12.1. The Bertz CT molecular complexity index is 473. The van der Waals surface area contributed by atoms with Crippen LogP contribution in [0.5, 0.6) is 0 Å². The molecule has 0 aromatic heterocycles. The van der Waals surface area contributed by atoms with Gasteiger partial charge in [0.2, 0.25) is 5.91 Å². The first-order chi connectivity index (χ1) is 9.88. The van der Waals surface area contributed by atoms with Crippen LogP contribution in [-0.2, 0) is 9.53 Å². The van der Waals surface area contributed by atoms with E-state index in [0.29, 0.717) is 0 Å². The Morgan fingerprint density at radius 2 is 1.81 bits per heavy atom. The number of amides is 1. The Morgan fingerprint density at radius 1 is 1.24 bits per heavy atom. The molecule has 0 radical (unpaired) electrons. The summed E-state index contributed by atoms with van der Waals surface area (Å²) in [6.45, 7) is 9.20. The van der Waals surface area contributed by atoms with Gasteiger partial charge in [0.15, 0.2) is 0 Å². The van der Waals surface area contributed by atoms with E-state index < -0.39 is 6.04 Å². The maximum atomic E-state index is 12.1. The van der Waals surface area contributed by atoms with E-state index in [4.69, 9.17) is 10.5 Å². The van der Waals surface area contributed by atoms with Gasteiger partial charge in [0, 0.05) is 24.5 Å². The lowest BCUT2D eigenvalue weighted by molar-refractivity contribution is -0.119. The molecule has 5 nitrogen and oxygen atoms in total. The van der Waals surface area contributed by atoms with E-state index in [0.717, 1.165) is 37.7 Å². The van der Waals surface area contributed by atoms with Crippen molar-refractivity contribution in [3.8, 4) is 0 Å². The lowest BCUT2D eigenvalue weighted by Gasteiger charge is -2.29. The van der Waals surface area contributed by atoms with E-state index in [1.165, 1.54) is 0 Å². The zero-order valence-electron chi connectivity index (χ0n) is 13.1. The topological polar surface area (TPSA) is 67.6 Å². The third kappa shape index (κ3) is 4.19. The molecule has 0 bridgehead atoms. The number of rotatable bonds is 3. The average Bonchev–Trinajstić information content (AvgIpc) is 2.47. The summed E-state index contributed by atoms with van der Waals surface area (Å²) in [7, 11) is 0. The monoisotopic (exact) mass is 291 g/mol. The first kappa shape index (κ1) is 15.8. The van der Waals surface area contributed by atoms with Crippen LogP contribution in [-0.4, -0.2) is 38.3 Å². The largest absolute Gasteiger partial charge is 0.378 e. The zero-order valence-corrected chi connectivity index (χ0v) is 13.1. The van der Waals surface area contributed by atoms with Crippen molar-refractivity contribution in [1.82, 2.24) is 0 Å². The number of ether oxygens (including phenoxy) is 1. The normalized spacial score (nSPS) is 17.4. The van der Waals surface area contributed by atoms with Crippen molar-refractivity contribution in [2.45, 2.75) is 26.8 Å². The third-order valence-electron chi connectivity index (χ3n) is 3.73. The molecule has 3 N–H and O–H groups in total. The van der Waals surface area contributed by atoms with E-state index in [1.807, 2.05) is 45.0 Å². The van der Waals surface area contributed by atoms with Crippen LogP contribution in [0.1, 0.15) is 20.8 Å². The van der Waals surface area contributed by atoms with Crippen molar-refractivity contribution >= 4 is 17.3 Å². The van der Waals surface area contributed by atoms with E-state index in [1.54, 1.807) is 0 Å². The first-order valence-electron chi connectivity index (χ1n) is 7.37. The molecule has 1 amide bonds. The van der Waals surface area contributed by atoms with Crippen LogP contribution in [0.4, 0.5) is 11.4 Å². The molecule has 1 heterocycles. The Hall–Kier alpha value is -1.59. The summed E-state index contributed by atoms with van der Waals surface area (Å²) in [5, 5.41) is 2.87. The Labute approximate surface area is 126 Å². The smallest absolute Gasteiger partial charge is 0.241 e. The van der Waals surface area contributed by atoms with Gasteiger partial charge < -0.3 is 20.7 Å². The summed E-state index contributed by atoms with van der Waals surface area (Å²) in [6.07, 6.45) is 0. The van der Waals surface area contributed by atoms with Crippen molar-refractivity contribution in [2.75, 3.05) is 36.5 Å². The molecule has 0 spiro atoms. The van der Waals surface area contributed by atoms with E-state index >= 15 is 0 Å². The number of carbonyl (C=O) groups is 1. The van der Waals surface area contributed by atoms with E-state index in [9.17, 15) is 4.79 Å². The van der Waals surface area contributed by atoms with Crippen LogP contribution < -0.4 is 16.0 Å². The summed E-state index contributed by atoms with van der Waals surface area (Å²) in [6, 6.07) is 7.33. The van der Waals surface area contributed by atoms with Gasteiger partial charge in [0.1, 0.15) is 0 Å². The molecule has 1 fully saturated rings. The first-order valence-corrected chi connectivity index (χ1v) is 7.37. The number of morpholine rings is 1. The Kier molecular flexibility index (Phi) is 4.85. The molecule has 0 saturated carbocycles. The number of hydrogen-bond acceptors (Lipinski definition) is 4. The van der Waals surface area contributed by atoms with Crippen molar-refractivity contribution in [1.29, 1.82) is 0 Å². The molecule has 2 rings (SSSR count). The lowest BCUT2D eigenvalue weighted by Crippen LogP contribution is -2.45. The van der Waals surface area contributed by atoms with E-state index in [2.05, 4.69) is 10.2 Å². The SMILES string of the molecule is CC(C)(C)[C@H](N)C(=O)Nc1ccc(N2CCOCC2)cc1. The highest BCUT2D eigenvalue weighted by molar-refractivity contribution is 5.95. The second-order valence-corrected chi connectivity index (χ2v) is 6.48. The van der Waals surface area contributed by atoms with Gasteiger partial charge in [-0.1, -0.05) is 20.8 Å². The number of nitrogens with one attached hydrogen (secondary N) is 1. The molecule has 1 aliphatic rings. The molecule has 1 aromatic rings. The van der Waals surface area contributed by atoms with Gasteiger partial charge >= 0.3 is 0 Å². The fraction of sp³-hybridized carbons (Fsp3) is 0.562. The van der Waals surface area contributed by atoms with Gasteiger partial charge in [0.05, 0.1) is 19.3 Å². The maximum Gasteiger partial charge on any atom is 0.241 e.